The van der Waals surface area contributed by atoms with E-state index in [9.17, 15) is 9.90 Å². The van der Waals surface area contributed by atoms with Crippen LogP contribution in [0.5, 0.6) is 0 Å². The number of likely N-dealkylation sites (tertiary alicyclic amines) is 1. The molecule has 0 saturated carbocycles. The highest BCUT2D eigenvalue weighted by Gasteiger charge is 2.34. The number of carbonyl (C=O) groups excluding carboxylic acids is 1. The largest absolute Gasteiger partial charge is 0.388 e. The van der Waals surface area contributed by atoms with E-state index in [1.165, 1.54) is 11.1 Å². The molecule has 1 atom stereocenters. The van der Waals surface area contributed by atoms with E-state index in [0.29, 0.717) is 37.1 Å². The highest BCUT2D eigenvalue weighted by Crippen LogP contribution is 2.27. The quantitative estimate of drug-likeness (QED) is 0.699. The van der Waals surface area contributed by atoms with Crippen molar-refractivity contribution in [3.8, 4) is 0 Å². The summed E-state index contributed by atoms with van der Waals surface area (Å²) in [5.74, 6) is -0.00366. The third kappa shape index (κ3) is 3.82. The first-order chi connectivity index (χ1) is 14.6. The van der Waals surface area contributed by atoms with E-state index < -0.39 is 5.60 Å². The third-order valence-electron chi connectivity index (χ3n) is 6.50. The second-order valence-electron chi connectivity index (χ2n) is 8.63. The summed E-state index contributed by atoms with van der Waals surface area (Å²) in [4.78, 5) is 17.3. The van der Waals surface area contributed by atoms with Gasteiger partial charge in [0.15, 0.2) is 0 Å². The van der Waals surface area contributed by atoms with Crippen LogP contribution in [0.1, 0.15) is 40.7 Å². The minimum absolute atomic E-state index is 0.00366. The normalized spacial score (nSPS) is 22.6. The Balaban J connectivity index is 1.24. The highest BCUT2D eigenvalue weighted by molar-refractivity contribution is 5.97. The molecule has 156 valence electrons. The summed E-state index contributed by atoms with van der Waals surface area (Å²) in [5.41, 5.74) is 4.09. The van der Waals surface area contributed by atoms with Gasteiger partial charge in [0.2, 0.25) is 0 Å². The number of nitrogens with one attached hydrogen (secondary N) is 1. The molecule has 3 heterocycles. The molecule has 0 spiro atoms. The number of nitrogens with zero attached hydrogens (tertiary/aromatic N) is 4. The first-order valence-corrected chi connectivity index (χ1v) is 10.7. The smallest absolute Gasteiger partial charge is 0.253 e. The van der Waals surface area contributed by atoms with Crippen molar-refractivity contribution in [1.82, 2.24) is 25.2 Å². The molecule has 1 fully saturated rings. The second kappa shape index (κ2) is 7.81. The van der Waals surface area contributed by atoms with Crippen LogP contribution in [0.2, 0.25) is 0 Å². The third-order valence-corrected chi connectivity index (χ3v) is 6.50. The fraction of sp³-hybridized carbons (Fsp3) is 0.435. The number of hydrogen-bond acceptors (Lipinski definition) is 5. The van der Waals surface area contributed by atoms with E-state index in [1.807, 2.05) is 11.0 Å². The van der Waals surface area contributed by atoms with Crippen molar-refractivity contribution in [2.45, 2.75) is 37.8 Å². The summed E-state index contributed by atoms with van der Waals surface area (Å²) in [7, 11) is 0. The van der Waals surface area contributed by atoms with Crippen molar-refractivity contribution in [2.75, 3.05) is 26.2 Å². The van der Waals surface area contributed by atoms with Gasteiger partial charge in [-0.25, -0.2) is 0 Å². The van der Waals surface area contributed by atoms with Gasteiger partial charge in [0.05, 0.1) is 5.60 Å². The lowest BCUT2D eigenvalue weighted by atomic mass is 9.92. The Morgan fingerprint density at radius 1 is 1.03 bits per heavy atom. The predicted octanol–water partition coefficient (Wildman–Crippen LogP) is 2.37. The Morgan fingerprint density at radius 2 is 1.87 bits per heavy atom. The zero-order valence-corrected chi connectivity index (χ0v) is 17.0. The summed E-state index contributed by atoms with van der Waals surface area (Å²) >= 11 is 0. The minimum atomic E-state index is -0.753. The zero-order valence-electron chi connectivity index (χ0n) is 17.0. The number of H-pyrrole nitrogens is 1. The van der Waals surface area contributed by atoms with E-state index >= 15 is 0 Å². The van der Waals surface area contributed by atoms with Gasteiger partial charge in [0.25, 0.3) is 5.91 Å². The fourth-order valence-electron chi connectivity index (χ4n) is 4.80. The standard InChI is InChI=1S/C23H27N5O2/c29-22(18-6-7-20-21(14-18)25-26-24-20)28-11-3-9-23(30,10-13-28)16-27-12-8-17-4-1-2-5-19(17)15-27/h1-2,4-7,14,30H,3,8-13,15-16H2,(H,24,25,26)/t23-/m1/s1. The molecule has 2 aliphatic rings. The monoisotopic (exact) mass is 405 g/mol. The number of rotatable bonds is 3. The van der Waals surface area contributed by atoms with Gasteiger partial charge in [0.1, 0.15) is 11.0 Å². The van der Waals surface area contributed by atoms with Crippen molar-refractivity contribution in [3.05, 3.63) is 59.2 Å². The molecule has 0 radical (unpaired) electrons. The molecule has 0 unspecified atom stereocenters. The van der Waals surface area contributed by atoms with Crippen molar-refractivity contribution >= 4 is 16.9 Å². The number of aromatic nitrogens is 3. The lowest BCUT2D eigenvalue weighted by Gasteiger charge is -2.36. The van der Waals surface area contributed by atoms with Crippen molar-refractivity contribution < 1.29 is 9.90 Å². The molecule has 0 aliphatic carbocycles. The maximum atomic E-state index is 13.0. The van der Waals surface area contributed by atoms with Crippen LogP contribution in [-0.4, -0.2) is 68.0 Å². The Morgan fingerprint density at radius 3 is 2.77 bits per heavy atom. The summed E-state index contributed by atoms with van der Waals surface area (Å²) in [6.07, 6.45) is 3.15. The van der Waals surface area contributed by atoms with E-state index in [1.54, 1.807) is 12.1 Å². The molecule has 2 aliphatic heterocycles. The van der Waals surface area contributed by atoms with Gasteiger partial charge < -0.3 is 10.0 Å². The van der Waals surface area contributed by atoms with Gasteiger partial charge in [-0.3, -0.25) is 9.69 Å². The van der Waals surface area contributed by atoms with E-state index in [4.69, 9.17) is 0 Å². The van der Waals surface area contributed by atoms with Crippen LogP contribution in [0.25, 0.3) is 11.0 Å². The lowest BCUT2D eigenvalue weighted by Crippen LogP contribution is -2.45. The van der Waals surface area contributed by atoms with Crippen molar-refractivity contribution in [3.63, 3.8) is 0 Å². The first kappa shape index (κ1) is 19.2. The maximum absolute atomic E-state index is 13.0. The number of aromatic amines is 1. The number of amides is 1. The van der Waals surface area contributed by atoms with Crippen molar-refractivity contribution in [1.29, 1.82) is 0 Å². The van der Waals surface area contributed by atoms with Crippen LogP contribution in [0.15, 0.2) is 42.5 Å². The van der Waals surface area contributed by atoms with Gasteiger partial charge >= 0.3 is 0 Å². The summed E-state index contributed by atoms with van der Waals surface area (Å²) in [6.45, 7) is 3.75. The van der Waals surface area contributed by atoms with Crippen LogP contribution >= 0.6 is 0 Å². The Bertz CT molecular complexity index is 1060. The highest BCUT2D eigenvalue weighted by atomic mass is 16.3. The first-order valence-electron chi connectivity index (χ1n) is 10.7. The molecule has 7 heteroatoms. The van der Waals surface area contributed by atoms with E-state index in [-0.39, 0.29) is 5.91 Å². The molecule has 5 rings (SSSR count). The average Bonchev–Trinajstić information content (AvgIpc) is 3.15. The van der Waals surface area contributed by atoms with Crippen LogP contribution in [0.4, 0.5) is 0 Å². The summed E-state index contributed by atoms with van der Waals surface area (Å²) in [6, 6.07) is 14.0. The molecular formula is C23H27N5O2. The van der Waals surface area contributed by atoms with Crippen LogP contribution in [-0.2, 0) is 13.0 Å². The maximum Gasteiger partial charge on any atom is 0.253 e. The molecule has 2 aromatic carbocycles. The van der Waals surface area contributed by atoms with Crippen LogP contribution < -0.4 is 0 Å². The molecular weight excluding hydrogens is 378 g/mol. The molecule has 2 N–H and O–H groups in total. The minimum Gasteiger partial charge on any atom is -0.388 e. The Labute approximate surface area is 175 Å². The predicted molar refractivity (Wildman–Crippen MR) is 114 cm³/mol. The molecule has 1 saturated heterocycles. The van der Waals surface area contributed by atoms with Crippen LogP contribution in [0.3, 0.4) is 0 Å². The fourth-order valence-corrected chi connectivity index (χ4v) is 4.80. The number of hydrogen-bond donors (Lipinski definition) is 2. The average molecular weight is 406 g/mol. The number of carbonyl (C=O) groups is 1. The zero-order chi connectivity index (χ0) is 20.6. The number of fused-ring (bicyclic) bond motifs is 2. The summed E-state index contributed by atoms with van der Waals surface area (Å²) in [5, 5.41) is 22.0. The lowest BCUT2D eigenvalue weighted by molar-refractivity contribution is -0.0118. The number of benzene rings is 2. The molecule has 1 amide bonds. The van der Waals surface area contributed by atoms with E-state index in [0.717, 1.165) is 37.9 Å². The second-order valence-corrected chi connectivity index (χ2v) is 8.63. The van der Waals surface area contributed by atoms with Gasteiger partial charge in [-0.05, 0) is 55.0 Å². The van der Waals surface area contributed by atoms with Gasteiger partial charge in [-0.1, -0.05) is 24.3 Å². The molecule has 0 bridgehead atoms. The topological polar surface area (TPSA) is 85.3 Å². The van der Waals surface area contributed by atoms with Crippen LogP contribution in [0, 0.1) is 0 Å². The Kier molecular flexibility index (Phi) is 5.00. The van der Waals surface area contributed by atoms with Gasteiger partial charge in [-0.15, -0.1) is 0 Å². The number of aliphatic hydroxyl groups is 1. The molecule has 7 nitrogen and oxygen atoms in total. The SMILES string of the molecule is O=C(c1ccc2n[nH]nc2c1)N1CCC[C@](O)(CN2CCc3ccccc3C2)CC1. The summed E-state index contributed by atoms with van der Waals surface area (Å²) < 4.78 is 0. The van der Waals surface area contributed by atoms with Gasteiger partial charge in [-0.2, -0.15) is 15.4 Å². The Hall–Kier alpha value is -2.77. The van der Waals surface area contributed by atoms with Gasteiger partial charge in [0, 0.05) is 38.3 Å². The van der Waals surface area contributed by atoms with E-state index in [2.05, 4.69) is 44.6 Å². The number of β-amino-alcohol motifs (C(OH)–C–C–N with tert-alkyl or cyclic N) is 1. The molecule has 1 aromatic heterocycles. The molecule has 3 aromatic rings. The molecule has 30 heavy (non-hydrogen) atoms. The van der Waals surface area contributed by atoms with Crippen molar-refractivity contribution in [2.24, 2.45) is 0 Å².